The van der Waals surface area contributed by atoms with Gasteiger partial charge in [-0.05, 0) is 35.3 Å². The maximum absolute atomic E-state index is 6.02. The topological polar surface area (TPSA) is 35.2 Å². The number of halogens is 1. The molecule has 0 aliphatic carbocycles. The Kier molecular flexibility index (Phi) is 8.95. The quantitative estimate of drug-likeness (QED) is 0.584. The minimum absolute atomic E-state index is 0.0330. The molecule has 2 N–H and O–H groups in total. The summed E-state index contributed by atoms with van der Waals surface area (Å²) in [5.74, 6) is 0. The van der Waals surface area contributed by atoms with Gasteiger partial charge < -0.3 is 10.5 Å². The third kappa shape index (κ3) is 6.89. The van der Waals surface area contributed by atoms with Crippen LogP contribution in [0.2, 0.25) is 0 Å². The second kappa shape index (κ2) is 9.92. The summed E-state index contributed by atoms with van der Waals surface area (Å²) < 4.78 is 7.09. The minimum atomic E-state index is 0.0330. The normalized spacial score (nSPS) is 14.5. The number of hydrogen-bond donors (Lipinski definition) is 1. The van der Waals surface area contributed by atoms with E-state index < -0.39 is 0 Å². The van der Waals surface area contributed by atoms with Crippen molar-refractivity contribution in [1.29, 1.82) is 0 Å². The molecule has 2 atom stereocenters. The van der Waals surface area contributed by atoms with Gasteiger partial charge in [-0.15, -0.1) is 11.3 Å². The van der Waals surface area contributed by atoms with Crippen molar-refractivity contribution in [3.8, 4) is 0 Å². The zero-order valence-electron chi connectivity index (χ0n) is 12.0. The van der Waals surface area contributed by atoms with E-state index in [0.717, 1.165) is 17.5 Å². The zero-order valence-corrected chi connectivity index (χ0v) is 14.4. The summed E-state index contributed by atoms with van der Waals surface area (Å²) in [7, 11) is 0. The average Bonchev–Trinajstić information content (AvgIpc) is 2.78. The Labute approximate surface area is 129 Å². The first-order valence-corrected chi connectivity index (χ1v) is 8.93. The van der Waals surface area contributed by atoms with Crippen LogP contribution in [-0.2, 0) is 4.74 Å². The van der Waals surface area contributed by atoms with E-state index in [0.29, 0.717) is 0 Å². The Morgan fingerprint density at radius 2 is 1.95 bits per heavy atom. The molecule has 1 aromatic rings. The van der Waals surface area contributed by atoms with Gasteiger partial charge in [0, 0.05) is 27.4 Å². The van der Waals surface area contributed by atoms with Gasteiger partial charge in [0.15, 0.2) is 0 Å². The van der Waals surface area contributed by atoms with E-state index in [1.54, 1.807) is 11.3 Å². The Bertz CT molecular complexity index is 341. The SMILES string of the molecule is CCCCCCCCOC(c1cc(Br)cs1)C(C)N. The molecule has 19 heavy (non-hydrogen) atoms. The van der Waals surface area contributed by atoms with Gasteiger partial charge in [-0.3, -0.25) is 0 Å². The van der Waals surface area contributed by atoms with Crippen LogP contribution in [0.5, 0.6) is 0 Å². The van der Waals surface area contributed by atoms with Gasteiger partial charge in [0.25, 0.3) is 0 Å². The van der Waals surface area contributed by atoms with Crippen LogP contribution >= 0.6 is 27.3 Å². The Morgan fingerprint density at radius 1 is 1.26 bits per heavy atom. The van der Waals surface area contributed by atoms with Crippen LogP contribution in [-0.4, -0.2) is 12.6 Å². The van der Waals surface area contributed by atoms with E-state index in [1.807, 2.05) is 6.92 Å². The highest BCUT2D eigenvalue weighted by Crippen LogP contribution is 2.29. The largest absolute Gasteiger partial charge is 0.371 e. The van der Waals surface area contributed by atoms with Gasteiger partial charge >= 0.3 is 0 Å². The van der Waals surface area contributed by atoms with Crippen molar-refractivity contribution in [3.63, 3.8) is 0 Å². The van der Waals surface area contributed by atoms with Crippen LogP contribution in [0.25, 0.3) is 0 Å². The molecule has 1 rings (SSSR count). The molecular formula is C15H26BrNOS. The summed E-state index contributed by atoms with van der Waals surface area (Å²) in [5, 5.41) is 2.08. The molecule has 0 aliphatic rings. The van der Waals surface area contributed by atoms with Crippen LogP contribution in [0.1, 0.15) is 63.4 Å². The monoisotopic (exact) mass is 347 g/mol. The van der Waals surface area contributed by atoms with Gasteiger partial charge in [0.05, 0.1) is 0 Å². The Balaban J connectivity index is 2.24. The molecule has 110 valence electrons. The second-order valence-corrected chi connectivity index (χ2v) is 6.94. The average molecular weight is 348 g/mol. The number of rotatable bonds is 10. The second-order valence-electron chi connectivity index (χ2n) is 5.09. The van der Waals surface area contributed by atoms with E-state index in [4.69, 9.17) is 10.5 Å². The van der Waals surface area contributed by atoms with Crippen molar-refractivity contribution in [2.45, 2.75) is 64.5 Å². The van der Waals surface area contributed by atoms with Crippen LogP contribution in [0.3, 0.4) is 0 Å². The molecular weight excluding hydrogens is 322 g/mol. The Morgan fingerprint density at radius 3 is 2.53 bits per heavy atom. The standard InChI is InChI=1S/C15H26BrNOS/c1-3-4-5-6-7-8-9-18-15(12(2)17)14-10-13(16)11-19-14/h10-12,15H,3-9,17H2,1-2H3. The fraction of sp³-hybridized carbons (Fsp3) is 0.733. The summed E-state index contributed by atoms with van der Waals surface area (Å²) in [5.41, 5.74) is 6.02. The zero-order chi connectivity index (χ0) is 14.1. The summed E-state index contributed by atoms with van der Waals surface area (Å²) >= 11 is 5.19. The molecule has 0 amide bonds. The van der Waals surface area contributed by atoms with E-state index >= 15 is 0 Å². The number of nitrogens with two attached hydrogens (primary N) is 1. The molecule has 0 aromatic carbocycles. The highest BCUT2D eigenvalue weighted by atomic mass is 79.9. The lowest BCUT2D eigenvalue weighted by Gasteiger charge is -2.20. The molecule has 1 heterocycles. The maximum atomic E-state index is 6.02. The molecule has 1 aromatic heterocycles. The van der Waals surface area contributed by atoms with Gasteiger partial charge in [-0.25, -0.2) is 0 Å². The summed E-state index contributed by atoms with van der Waals surface area (Å²) in [6.07, 6.45) is 7.77. The van der Waals surface area contributed by atoms with E-state index in [-0.39, 0.29) is 12.1 Å². The maximum Gasteiger partial charge on any atom is 0.106 e. The molecule has 0 radical (unpaired) electrons. The summed E-state index contributed by atoms with van der Waals surface area (Å²) in [6, 6.07) is 2.14. The molecule has 0 spiro atoms. The fourth-order valence-corrected chi connectivity index (χ4v) is 3.67. The first-order valence-electron chi connectivity index (χ1n) is 7.26. The molecule has 4 heteroatoms. The highest BCUT2D eigenvalue weighted by Gasteiger charge is 2.18. The lowest BCUT2D eigenvalue weighted by atomic mass is 10.1. The molecule has 0 saturated carbocycles. The molecule has 2 unspecified atom stereocenters. The van der Waals surface area contributed by atoms with E-state index in [1.165, 1.54) is 37.0 Å². The predicted octanol–water partition coefficient (Wildman–Crippen LogP) is 5.28. The number of hydrogen-bond acceptors (Lipinski definition) is 3. The third-order valence-electron chi connectivity index (χ3n) is 3.14. The van der Waals surface area contributed by atoms with Crippen molar-refractivity contribution in [2.24, 2.45) is 5.73 Å². The Hall–Kier alpha value is 0.1000. The number of ether oxygens (including phenoxy) is 1. The number of thiophene rings is 1. The lowest BCUT2D eigenvalue weighted by molar-refractivity contribution is 0.0382. The van der Waals surface area contributed by atoms with Gasteiger partial charge in [-0.2, -0.15) is 0 Å². The molecule has 0 fully saturated rings. The first kappa shape index (κ1) is 17.2. The van der Waals surface area contributed by atoms with Crippen molar-refractivity contribution >= 4 is 27.3 Å². The summed E-state index contributed by atoms with van der Waals surface area (Å²) in [4.78, 5) is 1.22. The first-order chi connectivity index (χ1) is 9.15. The number of unbranched alkanes of at least 4 members (excludes halogenated alkanes) is 5. The van der Waals surface area contributed by atoms with Gasteiger partial charge in [0.2, 0.25) is 0 Å². The molecule has 0 bridgehead atoms. The van der Waals surface area contributed by atoms with Crippen LogP contribution in [0.4, 0.5) is 0 Å². The van der Waals surface area contributed by atoms with Crippen LogP contribution in [0.15, 0.2) is 15.9 Å². The van der Waals surface area contributed by atoms with Crippen molar-refractivity contribution < 1.29 is 4.74 Å². The van der Waals surface area contributed by atoms with Crippen molar-refractivity contribution in [2.75, 3.05) is 6.61 Å². The fourth-order valence-electron chi connectivity index (χ4n) is 2.06. The van der Waals surface area contributed by atoms with Gasteiger partial charge in [-0.1, -0.05) is 39.0 Å². The molecule has 2 nitrogen and oxygen atoms in total. The van der Waals surface area contributed by atoms with Gasteiger partial charge in [0.1, 0.15) is 6.10 Å². The minimum Gasteiger partial charge on any atom is -0.371 e. The lowest BCUT2D eigenvalue weighted by Crippen LogP contribution is -2.26. The van der Waals surface area contributed by atoms with Crippen molar-refractivity contribution in [3.05, 3.63) is 20.8 Å². The van der Waals surface area contributed by atoms with E-state index in [9.17, 15) is 0 Å². The molecule has 0 saturated heterocycles. The third-order valence-corrected chi connectivity index (χ3v) is 4.90. The smallest absolute Gasteiger partial charge is 0.106 e. The van der Waals surface area contributed by atoms with Crippen LogP contribution < -0.4 is 5.73 Å². The predicted molar refractivity (Wildman–Crippen MR) is 87.7 cm³/mol. The van der Waals surface area contributed by atoms with Crippen molar-refractivity contribution in [1.82, 2.24) is 0 Å². The summed E-state index contributed by atoms with van der Waals surface area (Å²) in [6.45, 7) is 5.07. The molecule has 0 aliphatic heterocycles. The van der Waals surface area contributed by atoms with Crippen LogP contribution in [0, 0.1) is 0 Å². The van der Waals surface area contributed by atoms with E-state index in [2.05, 4.69) is 34.3 Å². The highest BCUT2D eigenvalue weighted by molar-refractivity contribution is 9.10.